The maximum atomic E-state index is 12.2. The molecule has 1 aromatic rings. The Morgan fingerprint density at radius 3 is 2.52 bits per heavy atom. The van der Waals surface area contributed by atoms with Crippen molar-refractivity contribution in [3.05, 3.63) is 30.3 Å². The molecule has 1 heterocycles. The molecule has 1 aliphatic rings. The molecule has 0 radical (unpaired) electrons. The molecule has 1 fully saturated rings. The fourth-order valence-electron chi connectivity index (χ4n) is 2.68. The molecule has 1 aromatic carbocycles. The molecule has 0 spiro atoms. The number of hydrogen-bond donors (Lipinski definition) is 1. The molecule has 2 rings (SSSR count). The predicted molar refractivity (Wildman–Crippen MR) is 78.3 cm³/mol. The van der Waals surface area contributed by atoms with Crippen LogP contribution in [0.1, 0.15) is 13.3 Å². The van der Waals surface area contributed by atoms with Gasteiger partial charge in [-0.15, -0.1) is 0 Å². The lowest BCUT2D eigenvalue weighted by atomic mass is 9.99. The van der Waals surface area contributed by atoms with E-state index in [1.165, 1.54) is 5.01 Å². The topological polar surface area (TPSA) is 52.7 Å². The van der Waals surface area contributed by atoms with E-state index < -0.39 is 12.1 Å². The molecule has 0 bridgehead atoms. The van der Waals surface area contributed by atoms with Crippen LogP contribution in [-0.4, -0.2) is 42.6 Å². The summed E-state index contributed by atoms with van der Waals surface area (Å²) in [6.07, 6.45) is -4.71. The Balaban J connectivity index is 2.01. The first-order chi connectivity index (χ1) is 10.7. The number of carbonyl (C=O) groups is 2. The van der Waals surface area contributed by atoms with Crippen molar-refractivity contribution < 1.29 is 22.8 Å². The van der Waals surface area contributed by atoms with Crippen LogP contribution in [0.4, 0.5) is 18.9 Å². The molecule has 0 aromatic heterocycles. The Morgan fingerprint density at radius 2 is 1.96 bits per heavy atom. The fraction of sp³-hybridized carbons (Fsp3) is 0.467. The predicted octanol–water partition coefficient (Wildman–Crippen LogP) is 1.95. The molecule has 1 aliphatic heterocycles. The number of rotatable bonds is 4. The van der Waals surface area contributed by atoms with Crippen LogP contribution in [-0.2, 0) is 9.59 Å². The quantitative estimate of drug-likeness (QED) is 0.919. The molecular formula is C15H18F3N3O2. The summed E-state index contributed by atoms with van der Waals surface area (Å²) in [5.74, 6) is -2.40. The number of nitrogens with zero attached hydrogens (tertiary/aromatic N) is 2. The van der Waals surface area contributed by atoms with Gasteiger partial charge in [0.2, 0.25) is 5.91 Å². The van der Waals surface area contributed by atoms with Crippen molar-refractivity contribution >= 4 is 17.5 Å². The van der Waals surface area contributed by atoms with Gasteiger partial charge in [-0.2, -0.15) is 13.2 Å². The van der Waals surface area contributed by atoms with E-state index >= 15 is 0 Å². The van der Waals surface area contributed by atoms with E-state index in [1.54, 1.807) is 43.2 Å². The zero-order chi connectivity index (χ0) is 17.2. The first-order valence-corrected chi connectivity index (χ1v) is 7.17. The Hall–Kier alpha value is -2.09. The summed E-state index contributed by atoms with van der Waals surface area (Å²) in [5.41, 5.74) is 0.703. The highest BCUT2D eigenvalue weighted by Crippen LogP contribution is 2.29. The Labute approximate surface area is 132 Å². The number of benzene rings is 1. The van der Waals surface area contributed by atoms with Gasteiger partial charge in [-0.3, -0.25) is 9.59 Å². The van der Waals surface area contributed by atoms with Crippen LogP contribution in [0, 0.1) is 5.92 Å². The number of anilines is 1. The smallest absolute Gasteiger partial charge is 0.348 e. The number of nitrogens with one attached hydrogen (secondary N) is 1. The lowest BCUT2D eigenvalue weighted by Crippen LogP contribution is -2.46. The Kier molecular flexibility index (Phi) is 4.93. The molecule has 126 valence electrons. The monoisotopic (exact) mass is 329 g/mol. The minimum atomic E-state index is -4.90. The second kappa shape index (κ2) is 6.57. The molecular weight excluding hydrogens is 311 g/mol. The fourth-order valence-corrected chi connectivity index (χ4v) is 2.68. The van der Waals surface area contributed by atoms with Crippen molar-refractivity contribution in [2.45, 2.75) is 25.6 Å². The Morgan fingerprint density at radius 1 is 1.35 bits per heavy atom. The van der Waals surface area contributed by atoms with E-state index in [0.717, 1.165) is 0 Å². The number of halogens is 3. The van der Waals surface area contributed by atoms with E-state index in [-0.39, 0.29) is 30.8 Å². The summed E-state index contributed by atoms with van der Waals surface area (Å²) >= 11 is 0. The van der Waals surface area contributed by atoms with E-state index in [0.29, 0.717) is 5.69 Å². The van der Waals surface area contributed by atoms with Crippen molar-refractivity contribution in [2.24, 2.45) is 5.92 Å². The average molecular weight is 329 g/mol. The molecule has 8 heteroatoms. The molecule has 23 heavy (non-hydrogen) atoms. The lowest BCUT2D eigenvalue weighted by molar-refractivity contribution is -0.173. The van der Waals surface area contributed by atoms with Crippen LogP contribution in [0.3, 0.4) is 0 Å². The van der Waals surface area contributed by atoms with Crippen LogP contribution in [0.2, 0.25) is 0 Å². The third-order valence-corrected chi connectivity index (χ3v) is 3.92. The summed E-state index contributed by atoms with van der Waals surface area (Å²) in [6, 6.07) is 8.72. The molecule has 5 nitrogen and oxygen atoms in total. The van der Waals surface area contributed by atoms with E-state index in [2.05, 4.69) is 0 Å². The van der Waals surface area contributed by atoms with Crippen molar-refractivity contribution in [1.82, 2.24) is 10.3 Å². The number of hydrazine groups is 1. The van der Waals surface area contributed by atoms with Gasteiger partial charge in [-0.25, -0.2) is 10.0 Å². The maximum absolute atomic E-state index is 12.2. The van der Waals surface area contributed by atoms with Gasteiger partial charge in [-0.1, -0.05) is 25.1 Å². The molecule has 0 aliphatic carbocycles. The minimum absolute atomic E-state index is 0.127. The van der Waals surface area contributed by atoms with E-state index in [9.17, 15) is 22.8 Å². The van der Waals surface area contributed by atoms with Gasteiger partial charge in [0.25, 0.3) is 0 Å². The molecule has 1 N–H and O–H groups in total. The third-order valence-electron chi connectivity index (χ3n) is 3.92. The second-order valence-corrected chi connectivity index (χ2v) is 5.57. The van der Waals surface area contributed by atoms with Gasteiger partial charge < -0.3 is 5.32 Å². The normalized spacial score (nSPS) is 20.7. The van der Waals surface area contributed by atoms with Crippen LogP contribution in [0.15, 0.2) is 30.3 Å². The van der Waals surface area contributed by atoms with Crippen molar-refractivity contribution in [3.8, 4) is 0 Å². The number of amides is 2. The maximum Gasteiger partial charge on any atom is 0.471 e. The van der Waals surface area contributed by atoms with E-state index in [1.807, 2.05) is 11.4 Å². The highest BCUT2D eigenvalue weighted by Gasteiger charge is 2.41. The molecule has 1 saturated heterocycles. The highest BCUT2D eigenvalue weighted by molar-refractivity contribution is 5.94. The third kappa shape index (κ3) is 3.82. The van der Waals surface area contributed by atoms with Gasteiger partial charge in [0.15, 0.2) is 0 Å². The minimum Gasteiger partial charge on any atom is -0.348 e. The van der Waals surface area contributed by atoms with Gasteiger partial charge in [0.05, 0.1) is 5.69 Å². The first-order valence-electron chi connectivity index (χ1n) is 7.17. The number of para-hydroxylation sites is 1. The average Bonchev–Trinajstić information content (AvgIpc) is 2.79. The summed E-state index contributed by atoms with van der Waals surface area (Å²) in [4.78, 5) is 23.1. The van der Waals surface area contributed by atoms with Crippen molar-refractivity contribution in [2.75, 3.05) is 18.6 Å². The zero-order valence-corrected chi connectivity index (χ0v) is 12.8. The number of alkyl halides is 3. The summed E-state index contributed by atoms with van der Waals surface area (Å²) in [7, 11) is 1.71. The molecule has 2 unspecified atom stereocenters. The van der Waals surface area contributed by atoms with Crippen LogP contribution in [0.5, 0.6) is 0 Å². The van der Waals surface area contributed by atoms with Gasteiger partial charge >= 0.3 is 12.1 Å². The van der Waals surface area contributed by atoms with Crippen molar-refractivity contribution in [1.29, 1.82) is 0 Å². The highest BCUT2D eigenvalue weighted by atomic mass is 19.4. The van der Waals surface area contributed by atoms with Crippen LogP contribution in [0.25, 0.3) is 0 Å². The van der Waals surface area contributed by atoms with Gasteiger partial charge in [0, 0.05) is 26.1 Å². The number of hydrogen-bond acceptors (Lipinski definition) is 3. The molecule has 2 atom stereocenters. The van der Waals surface area contributed by atoms with Crippen LogP contribution < -0.4 is 10.3 Å². The van der Waals surface area contributed by atoms with Gasteiger partial charge in [0.1, 0.15) is 0 Å². The lowest BCUT2D eigenvalue weighted by Gasteiger charge is -2.31. The Bertz CT molecular complexity index is 577. The van der Waals surface area contributed by atoms with Crippen molar-refractivity contribution in [3.63, 3.8) is 0 Å². The number of carbonyl (C=O) groups excluding carboxylic acids is 2. The second-order valence-electron chi connectivity index (χ2n) is 5.57. The van der Waals surface area contributed by atoms with Crippen LogP contribution >= 0.6 is 0 Å². The van der Waals surface area contributed by atoms with E-state index in [4.69, 9.17) is 0 Å². The summed E-state index contributed by atoms with van der Waals surface area (Å²) in [6.45, 7) is 1.56. The first kappa shape index (κ1) is 17.3. The SMILES string of the molecule is CC(CNC(=O)C(F)(F)F)C1CC(=O)N(c2ccccc2)N1C. The summed E-state index contributed by atoms with van der Waals surface area (Å²) < 4.78 is 36.6. The largest absolute Gasteiger partial charge is 0.471 e. The molecule has 2 amide bonds. The van der Waals surface area contributed by atoms with Gasteiger partial charge in [-0.05, 0) is 18.1 Å². The standard InChI is InChI=1S/C15H18F3N3O2/c1-10(9-19-14(23)15(16,17)18)12-8-13(22)21(20(12)2)11-6-4-3-5-7-11/h3-7,10,12H,8-9H2,1-2H3,(H,19,23). The molecule has 0 saturated carbocycles. The summed E-state index contributed by atoms with van der Waals surface area (Å²) in [5, 5.41) is 5.09. The zero-order valence-electron chi connectivity index (χ0n) is 12.8.